The van der Waals surface area contributed by atoms with Crippen molar-refractivity contribution < 1.29 is 15.0 Å². The van der Waals surface area contributed by atoms with Crippen LogP contribution in [0.4, 0.5) is 5.82 Å². The van der Waals surface area contributed by atoms with E-state index in [1.165, 1.54) is 6.07 Å². The lowest BCUT2D eigenvalue weighted by Crippen LogP contribution is -2.23. The summed E-state index contributed by atoms with van der Waals surface area (Å²) in [7, 11) is 0. The second kappa shape index (κ2) is 8.14. The van der Waals surface area contributed by atoms with Gasteiger partial charge in [0.15, 0.2) is 17.3 Å². The van der Waals surface area contributed by atoms with Crippen molar-refractivity contribution in [3.8, 4) is 22.8 Å². The van der Waals surface area contributed by atoms with E-state index in [9.17, 15) is 15.0 Å². The Hall–Kier alpha value is -3.41. The highest BCUT2D eigenvalue weighted by molar-refractivity contribution is 5.92. The zero-order valence-corrected chi connectivity index (χ0v) is 17.1. The van der Waals surface area contributed by atoms with Gasteiger partial charge >= 0.3 is 0 Å². The number of aryl methyl sites for hydroxylation is 1. The molecule has 0 radical (unpaired) electrons. The molecule has 154 valence electrons. The van der Waals surface area contributed by atoms with Crippen LogP contribution in [0, 0.1) is 5.92 Å². The number of benzene rings is 2. The molecular weight excluding hydrogens is 378 g/mol. The molecule has 2 aromatic carbocycles. The molecule has 0 saturated carbocycles. The molecule has 0 saturated heterocycles. The van der Waals surface area contributed by atoms with Crippen LogP contribution in [0.5, 0.6) is 11.5 Å². The molecule has 3 N–H and O–H groups in total. The molecule has 30 heavy (non-hydrogen) atoms. The Morgan fingerprint density at radius 3 is 2.60 bits per heavy atom. The number of rotatable bonds is 5. The predicted molar refractivity (Wildman–Crippen MR) is 116 cm³/mol. The van der Waals surface area contributed by atoms with Gasteiger partial charge in [0.2, 0.25) is 5.91 Å². The van der Waals surface area contributed by atoms with E-state index in [0.717, 1.165) is 23.2 Å². The Morgan fingerprint density at radius 1 is 1.10 bits per heavy atom. The highest BCUT2D eigenvalue weighted by Crippen LogP contribution is 2.41. The molecule has 1 amide bonds. The maximum absolute atomic E-state index is 12.6. The molecule has 4 rings (SSSR count). The number of anilines is 1. The number of aromatic hydroxyl groups is 2. The second-order valence-corrected chi connectivity index (χ2v) is 7.73. The van der Waals surface area contributed by atoms with Crippen LogP contribution in [0.25, 0.3) is 11.3 Å². The maximum Gasteiger partial charge on any atom is 0.228 e. The summed E-state index contributed by atoms with van der Waals surface area (Å²) >= 11 is 0. The van der Waals surface area contributed by atoms with Crippen LogP contribution >= 0.6 is 0 Å². The van der Waals surface area contributed by atoms with Gasteiger partial charge in [0.25, 0.3) is 0 Å². The molecular formula is C24H25N3O3. The van der Waals surface area contributed by atoms with Gasteiger partial charge in [-0.25, -0.2) is 9.97 Å². The van der Waals surface area contributed by atoms with Crippen molar-refractivity contribution in [3.05, 3.63) is 65.0 Å². The molecule has 1 atom stereocenters. The van der Waals surface area contributed by atoms with Crippen molar-refractivity contribution in [1.82, 2.24) is 9.97 Å². The fraction of sp³-hybridized carbons (Fsp3) is 0.292. The Labute approximate surface area is 175 Å². The van der Waals surface area contributed by atoms with Gasteiger partial charge in [0.05, 0.1) is 17.1 Å². The van der Waals surface area contributed by atoms with Crippen LogP contribution in [-0.4, -0.2) is 26.1 Å². The molecule has 1 heterocycles. The number of hydrogen-bond donors (Lipinski definition) is 3. The van der Waals surface area contributed by atoms with Crippen LogP contribution in [0.1, 0.15) is 42.8 Å². The standard InChI is InChI=1S/C24H25N3O3/c1-3-14(2)24(30)27-23-19(13-15-7-5-4-6-8-15)25-21-16-10-12-20(28)22(29)17(16)9-11-18(21)26-23/h4-8,10,12,14,28-29H,3,9,11,13H2,1-2H3,(H,26,27,30). The first kappa shape index (κ1) is 19.9. The van der Waals surface area contributed by atoms with Crippen LogP contribution in [0.15, 0.2) is 42.5 Å². The number of hydrogen-bond acceptors (Lipinski definition) is 5. The third-order valence-corrected chi connectivity index (χ3v) is 5.68. The van der Waals surface area contributed by atoms with Crippen molar-refractivity contribution in [2.75, 3.05) is 5.32 Å². The van der Waals surface area contributed by atoms with E-state index >= 15 is 0 Å². The van der Waals surface area contributed by atoms with Gasteiger partial charge in [-0.3, -0.25) is 4.79 Å². The molecule has 6 nitrogen and oxygen atoms in total. The molecule has 0 aliphatic heterocycles. The Morgan fingerprint density at radius 2 is 1.87 bits per heavy atom. The van der Waals surface area contributed by atoms with Crippen LogP contribution in [0.2, 0.25) is 0 Å². The zero-order chi connectivity index (χ0) is 21.3. The first-order chi connectivity index (χ1) is 14.5. The zero-order valence-electron chi connectivity index (χ0n) is 17.1. The van der Waals surface area contributed by atoms with Crippen LogP contribution < -0.4 is 5.32 Å². The van der Waals surface area contributed by atoms with Gasteiger partial charge in [-0.1, -0.05) is 44.2 Å². The van der Waals surface area contributed by atoms with E-state index in [-0.39, 0.29) is 23.3 Å². The number of nitrogens with zero attached hydrogens (tertiary/aromatic N) is 2. The number of nitrogens with one attached hydrogen (secondary N) is 1. The summed E-state index contributed by atoms with van der Waals surface area (Å²) < 4.78 is 0. The van der Waals surface area contributed by atoms with Crippen molar-refractivity contribution >= 4 is 11.7 Å². The minimum atomic E-state index is -0.132. The molecule has 0 spiro atoms. The van der Waals surface area contributed by atoms with E-state index in [4.69, 9.17) is 9.97 Å². The highest BCUT2D eigenvalue weighted by Gasteiger charge is 2.26. The molecule has 1 aliphatic carbocycles. The smallest absolute Gasteiger partial charge is 0.228 e. The number of fused-ring (bicyclic) bond motifs is 3. The lowest BCUT2D eigenvalue weighted by atomic mass is 9.90. The summed E-state index contributed by atoms with van der Waals surface area (Å²) in [6.45, 7) is 3.87. The van der Waals surface area contributed by atoms with Gasteiger partial charge in [-0.15, -0.1) is 0 Å². The molecule has 1 aromatic heterocycles. The minimum absolute atomic E-state index is 0.0696. The SMILES string of the molecule is CCC(C)C(=O)Nc1nc2c(nc1Cc1ccccc1)-c1ccc(O)c(O)c1CC2. The minimum Gasteiger partial charge on any atom is -0.504 e. The van der Waals surface area contributed by atoms with Gasteiger partial charge in [0.1, 0.15) is 0 Å². The monoisotopic (exact) mass is 403 g/mol. The summed E-state index contributed by atoms with van der Waals surface area (Å²) in [4.78, 5) is 22.2. The van der Waals surface area contributed by atoms with Gasteiger partial charge in [-0.2, -0.15) is 0 Å². The Bertz CT molecular complexity index is 1100. The van der Waals surface area contributed by atoms with Crippen molar-refractivity contribution in [2.45, 2.75) is 39.5 Å². The van der Waals surface area contributed by atoms with Gasteiger partial charge in [-0.05, 0) is 37.0 Å². The summed E-state index contributed by atoms with van der Waals surface area (Å²) in [5.74, 6) is 0.0769. The lowest BCUT2D eigenvalue weighted by molar-refractivity contribution is -0.119. The molecule has 1 aliphatic rings. The second-order valence-electron chi connectivity index (χ2n) is 7.73. The third kappa shape index (κ3) is 3.73. The highest BCUT2D eigenvalue weighted by atomic mass is 16.3. The molecule has 1 unspecified atom stereocenters. The van der Waals surface area contributed by atoms with Gasteiger partial charge < -0.3 is 15.5 Å². The first-order valence-electron chi connectivity index (χ1n) is 10.3. The van der Waals surface area contributed by atoms with E-state index in [2.05, 4.69) is 5.32 Å². The lowest BCUT2D eigenvalue weighted by Gasteiger charge is -2.22. The number of aromatic nitrogens is 2. The first-order valence-corrected chi connectivity index (χ1v) is 10.3. The van der Waals surface area contributed by atoms with Crippen molar-refractivity contribution in [1.29, 1.82) is 0 Å². The average molecular weight is 403 g/mol. The fourth-order valence-corrected chi connectivity index (χ4v) is 3.67. The van der Waals surface area contributed by atoms with Crippen LogP contribution in [0.3, 0.4) is 0 Å². The van der Waals surface area contributed by atoms with Crippen molar-refractivity contribution in [3.63, 3.8) is 0 Å². The number of carbonyl (C=O) groups is 1. The largest absolute Gasteiger partial charge is 0.504 e. The summed E-state index contributed by atoms with van der Waals surface area (Å²) in [5.41, 5.74) is 4.67. The Balaban J connectivity index is 1.81. The van der Waals surface area contributed by atoms with E-state index in [0.29, 0.717) is 42.0 Å². The summed E-state index contributed by atoms with van der Waals surface area (Å²) in [6.07, 6.45) is 2.39. The topological polar surface area (TPSA) is 95.3 Å². The average Bonchev–Trinajstić information content (AvgIpc) is 2.76. The molecule has 6 heteroatoms. The van der Waals surface area contributed by atoms with Gasteiger partial charge in [0, 0.05) is 23.5 Å². The molecule has 0 bridgehead atoms. The maximum atomic E-state index is 12.6. The predicted octanol–water partition coefficient (Wildman–Crippen LogP) is 4.23. The number of phenolic OH excluding ortho intramolecular Hbond substituents is 2. The molecule has 3 aromatic rings. The van der Waals surface area contributed by atoms with E-state index in [1.807, 2.05) is 44.2 Å². The summed E-state index contributed by atoms with van der Waals surface area (Å²) in [6, 6.07) is 13.2. The van der Waals surface area contributed by atoms with E-state index in [1.54, 1.807) is 6.07 Å². The quantitative estimate of drug-likeness (QED) is 0.554. The van der Waals surface area contributed by atoms with Crippen molar-refractivity contribution in [2.24, 2.45) is 5.92 Å². The number of amides is 1. The van der Waals surface area contributed by atoms with E-state index < -0.39 is 0 Å². The fourth-order valence-electron chi connectivity index (χ4n) is 3.67. The summed E-state index contributed by atoms with van der Waals surface area (Å²) in [5, 5.41) is 23.1. The third-order valence-electron chi connectivity index (χ3n) is 5.68. The normalized spacial score (nSPS) is 13.3. The van der Waals surface area contributed by atoms with Crippen LogP contribution in [-0.2, 0) is 24.1 Å². The molecule has 0 fully saturated rings. The number of phenols is 2. The number of carbonyl (C=O) groups excluding carboxylic acids is 1. The Kier molecular flexibility index (Phi) is 5.40.